The van der Waals surface area contributed by atoms with Crippen LogP contribution < -0.4 is 9.47 Å². The molecule has 176 valence electrons. The number of amides is 1. The number of carbonyl (C=O) groups is 1. The van der Waals surface area contributed by atoms with Gasteiger partial charge in [-0.05, 0) is 67.1 Å². The van der Waals surface area contributed by atoms with Crippen molar-refractivity contribution in [1.82, 2.24) is 4.90 Å². The SMILES string of the molecule is CCOc1cc(/C=C2/SC(=Nc3ccccc3)N([C@H](C)c3ccccc3)C2=O)ccc1OCC#N. The van der Waals surface area contributed by atoms with E-state index in [1.165, 1.54) is 11.8 Å². The molecule has 0 radical (unpaired) electrons. The van der Waals surface area contributed by atoms with Crippen molar-refractivity contribution in [1.29, 1.82) is 5.26 Å². The Balaban J connectivity index is 1.71. The molecule has 0 spiro atoms. The first-order valence-electron chi connectivity index (χ1n) is 11.3. The standard InChI is InChI=1S/C28H25N3O3S/c1-3-33-25-18-21(14-15-24(25)34-17-16-29)19-26-27(32)31(20(2)22-10-6-4-7-11-22)28(35-26)30-23-12-8-5-9-13-23/h4-15,18-20H,3,17H2,1-2H3/b26-19+,30-28?/t20-/m1/s1. The number of hydrogen-bond donors (Lipinski definition) is 0. The van der Waals surface area contributed by atoms with Gasteiger partial charge in [-0.1, -0.05) is 54.6 Å². The third-order valence-corrected chi connectivity index (χ3v) is 6.33. The van der Waals surface area contributed by atoms with E-state index in [9.17, 15) is 4.79 Å². The maximum Gasteiger partial charge on any atom is 0.267 e. The maximum atomic E-state index is 13.6. The first kappa shape index (κ1) is 24.1. The molecule has 7 heteroatoms. The van der Waals surface area contributed by atoms with Gasteiger partial charge in [-0.25, -0.2) is 4.99 Å². The lowest BCUT2D eigenvalue weighted by molar-refractivity contribution is -0.123. The first-order valence-corrected chi connectivity index (χ1v) is 12.1. The van der Waals surface area contributed by atoms with E-state index < -0.39 is 0 Å². The molecule has 3 aromatic rings. The summed E-state index contributed by atoms with van der Waals surface area (Å²) in [6.07, 6.45) is 1.84. The highest BCUT2D eigenvalue weighted by Gasteiger charge is 2.37. The Labute approximate surface area is 209 Å². The van der Waals surface area contributed by atoms with Crippen LogP contribution in [0.4, 0.5) is 5.69 Å². The van der Waals surface area contributed by atoms with E-state index >= 15 is 0 Å². The average Bonchev–Trinajstić information content (AvgIpc) is 3.18. The average molecular weight is 484 g/mol. The Kier molecular flexibility index (Phi) is 7.86. The fourth-order valence-electron chi connectivity index (χ4n) is 3.66. The van der Waals surface area contributed by atoms with Crippen molar-refractivity contribution in [2.24, 2.45) is 4.99 Å². The fraction of sp³-hybridized carbons (Fsp3) is 0.179. The number of nitriles is 1. The Hall–Kier alpha value is -4.02. The monoisotopic (exact) mass is 483 g/mol. The summed E-state index contributed by atoms with van der Waals surface area (Å²) >= 11 is 1.35. The van der Waals surface area contributed by atoms with Gasteiger partial charge in [0.1, 0.15) is 6.07 Å². The van der Waals surface area contributed by atoms with E-state index in [1.807, 2.05) is 98.8 Å². The zero-order chi connectivity index (χ0) is 24.6. The number of aliphatic imine (C=N–C) groups is 1. The molecule has 1 fully saturated rings. The molecule has 35 heavy (non-hydrogen) atoms. The van der Waals surface area contributed by atoms with Gasteiger partial charge >= 0.3 is 0 Å². The summed E-state index contributed by atoms with van der Waals surface area (Å²) in [7, 11) is 0. The molecule has 4 rings (SSSR count). The summed E-state index contributed by atoms with van der Waals surface area (Å²) in [5.41, 5.74) is 2.61. The van der Waals surface area contributed by atoms with Gasteiger partial charge in [0, 0.05) is 0 Å². The topological polar surface area (TPSA) is 74.9 Å². The number of ether oxygens (including phenoxy) is 2. The fourth-order valence-corrected chi connectivity index (χ4v) is 4.73. The lowest BCUT2D eigenvalue weighted by Gasteiger charge is -2.24. The van der Waals surface area contributed by atoms with Gasteiger partial charge in [-0.2, -0.15) is 5.26 Å². The number of nitrogens with zero attached hydrogens (tertiary/aromatic N) is 3. The molecule has 1 aliphatic heterocycles. The van der Waals surface area contributed by atoms with E-state index in [2.05, 4.69) is 0 Å². The van der Waals surface area contributed by atoms with Gasteiger partial charge < -0.3 is 9.47 Å². The van der Waals surface area contributed by atoms with Crippen LogP contribution in [0.2, 0.25) is 0 Å². The molecule has 1 heterocycles. The van der Waals surface area contributed by atoms with E-state index in [-0.39, 0.29) is 18.6 Å². The predicted molar refractivity (Wildman–Crippen MR) is 140 cm³/mol. The highest BCUT2D eigenvalue weighted by Crippen LogP contribution is 2.40. The van der Waals surface area contributed by atoms with Crippen molar-refractivity contribution in [3.05, 3.63) is 94.9 Å². The number of rotatable bonds is 8. The number of benzene rings is 3. The molecule has 1 amide bonds. The highest BCUT2D eigenvalue weighted by molar-refractivity contribution is 8.18. The Morgan fingerprint density at radius 3 is 2.43 bits per heavy atom. The quantitative estimate of drug-likeness (QED) is 0.349. The molecule has 1 saturated heterocycles. The Bertz CT molecular complexity index is 1280. The van der Waals surface area contributed by atoms with Gasteiger partial charge in [0.25, 0.3) is 5.91 Å². The van der Waals surface area contributed by atoms with Crippen molar-refractivity contribution < 1.29 is 14.3 Å². The highest BCUT2D eigenvalue weighted by atomic mass is 32.2. The van der Waals surface area contributed by atoms with Gasteiger partial charge in [0.2, 0.25) is 0 Å². The Morgan fingerprint density at radius 2 is 1.74 bits per heavy atom. The number of thioether (sulfide) groups is 1. The molecule has 1 atom stereocenters. The summed E-state index contributed by atoms with van der Waals surface area (Å²) in [6, 6.07) is 26.7. The molecular weight excluding hydrogens is 458 g/mol. The third-order valence-electron chi connectivity index (χ3n) is 5.34. The van der Waals surface area contributed by atoms with Crippen molar-refractivity contribution >= 4 is 34.6 Å². The molecule has 6 nitrogen and oxygen atoms in total. The summed E-state index contributed by atoms with van der Waals surface area (Å²) in [4.78, 5) is 20.7. The van der Waals surface area contributed by atoms with Crippen LogP contribution in [0.15, 0.2) is 88.8 Å². The molecule has 0 aliphatic carbocycles. The molecule has 0 bridgehead atoms. The summed E-state index contributed by atoms with van der Waals surface area (Å²) in [6.45, 7) is 4.27. The second kappa shape index (κ2) is 11.4. The Morgan fingerprint density at radius 1 is 1.03 bits per heavy atom. The van der Waals surface area contributed by atoms with E-state index in [0.717, 1.165) is 16.8 Å². The second-order valence-electron chi connectivity index (χ2n) is 7.69. The minimum Gasteiger partial charge on any atom is -0.490 e. The van der Waals surface area contributed by atoms with Gasteiger partial charge in [0.15, 0.2) is 23.3 Å². The van der Waals surface area contributed by atoms with Crippen LogP contribution in [-0.2, 0) is 4.79 Å². The summed E-state index contributed by atoms with van der Waals surface area (Å²) in [5.74, 6) is 0.913. The lowest BCUT2D eigenvalue weighted by Crippen LogP contribution is -2.32. The maximum absolute atomic E-state index is 13.6. The van der Waals surface area contributed by atoms with Crippen LogP contribution in [0.25, 0.3) is 6.08 Å². The first-order chi connectivity index (χ1) is 17.1. The molecule has 0 N–H and O–H groups in total. The normalized spacial score (nSPS) is 16.4. The van der Waals surface area contributed by atoms with Crippen molar-refractivity contribution in [3.63, 3.8) is 0 Å². The van der Waals surface area contributed by atoms with Gasteiger partial charge in [-0.3, -0.25) is 9.69 Å². The number of carbonyl (C=O) groups excluding carboxylic acids is 1. The number of hydrogen-bond acceptors (Lipinski definition) is 6. The van der Waals surface area contributed by atoms with Crippen LogP contribution >= 0.6 is 11.8 Å². The van der Waals surface area contributed by atoms with Crippen molar-refractivity contribution in [2.75, 3.05) is 13.2 Å². The van der Waals surface area contributed by atoms with E-state index in [4.69, 9.17) is 19.7 Å². The lowest BCUT2D eigenvalue weighted by atomic mass is 10.1. The smallest absolute Gasteiger partial charge is 0.267 e. The van der Waals surface area contributed by atoms with Crippen molar-refractivity contribution in [2.45, 2.75) is 19.9 Å². The zero-order valence-corrected chi connectivity index (χ0v) is 20.4. The largest absolute Gasteiger partial charge is 0.490 e. The number of para-hydroxylation sites is 1. The van der Waals surface area contributed by atoms with Crippen LogP contribution in [0.3, 0.4) is 0 Å². The molecule has 3 aromatic carbocycles. The molecule has 1 aliphatic rings. The minimum absolute atomic E-state index is 0.0690. The van der Waals surface area contributed by atoms with Crippen molar-refractivity contribution in [3.8, 4) is 17.6 Å². The zero-order valence-electron chi connectivity index (χ0n) is 19.5. The van der Waals surface area contributed by atoms with Gasteiger partial charge in [0.05, 0.1) is 23.2 Å². The number of amidine groups is 1. The molecular formula is C28H25N3O3S. The molecule has 0 unspecified atom stereocenters. The van der Waals surface area contributed by atoms with Crippen LogP contribution in [0.5, 0.6) is 11.5 Å². The third kappa shape index (κ3) is 5.73. The summed E-state index contributed by atoms with van der Waals surface area (Å²) < 4.78 is 11.2. The second-order valence-corrected chi connectivity index (χ2v) is 8.70. The predicted octanol–water partition coefficient (Wildman–Crippen LogP) is 6.35. The molecule has 0 aromatic heterocycles. The summed E-state index contributed by atoms with van der Waals surface area (Å²) in [5, 5.41) is 9.45. The van der Waals surface area contributed by atoms with Crippen LogP contribution in [-0.4, -0.2) is 29.2 Å². The van der Waals surface area contributed by atoms with Crippen LogP contribution in [0.1, 0.15) is 31.0 Å². The van der Waals surface area contributed by atoms with Crippen LogP contribution in [0, 0.1) is 11.3 Å². The minimum atomic E-state index is -0.190. The van der Waals surface area contributed by atoms with E-state index in [0.29, 0.717) is 28.2 Å². The molecule has 0 saturated carbocycles. The van der Waals surface area contributed by atoms with E-state index in [1.54, 1.807) is 11.0 Å². The van der Waals surface area contributed by atoms with Gasteiger partial charge in [-0.15, -0.1) is 0 Å².